The number of unbranched alkanes of at least 4 members (excludes halogenated alkanes) is 1. The Labute approximate surface area is 258 Å². The van der Waals surface area contributed by atoms with Gasteiger partial charge in [0.2, 0.25) is 0 Å². The lowest BCUT2D eigenvalue weighted by atomic mass is 9.99. The molecule has 0 saturated carbocycles. The van der Waals surface area contributed by atoms with Crippen LogP contribution in [0.15, 0.2) is 34.0 Å². The van der Waals surface area contributed by atoms with Gasteiger partial charge in [0.05, 0.1) is 4.91 Å². The molecule has 1 atom stereocenters. The summed E-state index contributed by atoms with van der Waals surface area (Å²) in [5, 5.41) is 9.96. The van der Waals surface area contributed by atoms with E-state index in [1.165, 1.54) is 23.9 Å². The zero-order chi connectivity index (χ0) is 30.4. The molecule has 2 fully saturated rings. The summed E-state index contributed by atoms with van der Waals surface area (Å²) in [6.45, 7) is 11.8. The van der Waals surface area contributed by atoms with E-state index in [-0.39, 0.29) is 22.8 Å². The second kappa shape index (κ2) is 14.3. The van der Waals surface area contributed by atoms with Crippen LogP contribution >= 0.6 is 24.0 Å². The molecule has 4 rings (SSSR count). The molecule has 0 radical (unpaired) electrons. The number of rotatable bonds is 11. The number of pyridine rings is 1. The van der Waals surface area contributed by atoms with Gasteiger partial charge in [-0.15, -0.1) is 0 Å². The van der Waals surface area contributed by atoms with Crippen molar-refractivity contribution >= 4 is 51.8 Å². The molecule has 1 aromatic heterocycles. The Morgan fingerprint density at radius 1 is 1.07 bits per heavy atom. The van der Waals surface area contributed by atoms with Gasteiger partial charge in [-0.05, 0) is 61.6 Å². The number of nitriles is 1. The number of thioether (sulfide) groups is 1. The first-order valence-corrected chi connectivity index (χ1v) is 16.1. The number of nitrogens with zero attached hydrogens (tertiary/aromatic N) is 5. The number of amides is 1. The summed E-state index contributed by atoms with van der Waals surface area (Å²) in [6.07, 6.45) is 6.84. The highest BCUT2D eigenvalue weighted by molar-refractivity contribution is 8.26. The number of anilines is 2. The highest BCUT2D eigenvalue weighted by Gasteiger charge is 2.34. The number of aromatic nitrogens is 1. The quantitative estimate of drug-likeness (QED) is 0.218. The fraction of sp³-hybridized carbons (Fsp3) is 0.500. The van der Waals surface area contributed by atoms with E-state index in [1.54, 1.807) is 28.5 Å². The first kappa shape index (κ1) is 31.8. The molecule has 2 aliphatic rings. The van der Waals surface area contributed by atoms with Crippen molar-refractivity contribution in [1.82, 2.24) is 9.47 Å². The van der Waals surface area contributed by atoms with Gasteiger partial charge in [-0.3, -0.25) is 19.1 Å². The largest absolute Gasteiger partial charge is 0.368 e. The fourth-order valence-corrected chi connectivity index (χ4v) is 6.97. The second-order valence-electron chi connectivity index (χ2n) is 11.0. The molecule has 2 aliphatic heterocycles. The molecular formula is C32H40FN5O2S2. The maximum atomic E-state index is 13.7. The van der Waals surface area contributed by atoms with E-state index in [0.29, 0.717) is 72.0 Å². The van der Waals surface area contributed by atoms with Crippen LogP contribution in [-0.2, 0) is 11.3 Å². The third kappa shape index (κ3) is 6.73. The molecule has 10 heteroatoms. The van der Waals surface area contributed by atoms with Gasteiger partial charge in [-0.2, -0.15) is 5.26 Å². The molecule has 2 saturated heterocycles. The molecule has 42 heavy (non-hydrogen) atoms. The molecule has 2 aromatic rings. The number of halogens is 1. The number of hydrogen-bond donors (Lipinski definition) is 0. The van der Waals surface area contributed by atoms with E-state index in [4.69, 9.17) is 12.2 Å². The van der Waals surface area contributed by atoms with Crippen molar-refractivity contribution in [1.29, 1.82) is 5.26 Å². The molecule has 3 heterocycles. The van der Waals surface area contributed by atoms with Gasteiger partial charge >= 0.3 is 0 Å². The Kier molecular flexibility index (Phi) is 10.8. The van der Waals surface area contributed by atoms with Crippen LogP contribution in [0.3, 0.4) is 0 Å². The van der Waals surface area contributed by atoms with Crippen molar-refractivity contribution in [2.24, 2.45) is 5.92 Å². The van der Waals surface area contributed by atoms with Crippen LogP contribution in [0.4, 0.5) is 15.9 Å². The van der Waals surface area contributed by atoms with Crippen LogP contribution in [-0.4, -0.2) is 52.4 Å². The molecule has 1 unspecified atom stereocenters. The number of carbonyl (C=O) groups excluding carboxylic acids is 1. The molecule has 224 valence electrons. The molecule has 7 nitrogen and oxygen atoms in total. The topological polar surface area (TPSA) is 72.6 Å². The highest BCUT2D eigenvalue weighted by Crippen LogP contribution is 2.37. The van der Waals surface area contributed by atoms with E-state index in [0.717, 1.165) is 37.2 Å². The number of hydrogen-bond acceptors (Lipinski definition) is 7. The molecule has 0 spiro atoms. The summed E-state index contributed by atoms with van der Waals surface area (Å²) in [5.74, 6) is 0.739. The van der Waals surface area contributed by atoms with E-state index in [1.807, 2.05) is 13.0 Å². The maximum absolute atomic E-state index is 13.7. The first-order valence-electron chi connectivity index (χ1n) is 14.9. The molecule has 0 N–H and O–H groups in total. The Balaban J connectivity index is 1.72. The molecule has 1 amide bonds. The summed E-state index contributed by atoms with van der Waals surface area (Å²) in [4.78, 5) is 33.8. The Bertz CT molecular complexity index is 1440. The standard InChI is InChI=1S/C32H40FN5O2S2/c1-5-8-9-23(7-3)21-38-31(40)28(42-32(38)41)19-26-22(4)27(20-34)30(39)37(14-6-2)29(26)36-17-15-35(16-18-36)25-12-10-24(33)11-13-25/h10-13,19,23H,5-9,14-18,21H2,1-4H3/b28-19+. The summed E-state index contributed by atoms with van der Waals surface area (Å²) in [5.41, 5.74) is 2.04. The Hall–Kier alpha value is -3.16. The highest BCUT2D eigenvalue weighted by atomic mass is 32.2. The number of benzene rings is 1. The average molecular weight is 610 g/mol. The zero-order valence-electron chi connectivity index (χ0n) is 25.0. The monoisotopic (exact) mass is 609 g/mol. The fourth-order valence-electron chi connectivity index (χ4n) is 5.71. The van der Waals surface area contributed by atoms with Crippen LogP contribution < -0.4 is 15.4 Å². The minimum Gasteiger partial charge on any atom is -0.368 e. The van der Waals surface area contributed by atoms with Gasteiger partial charge in [0, 0.05) is 50.5 Å². The number of thiocarbonyl (C=S) groups is 1. The molecule has 1 aromatic carbocycles. The molecule has 0 bridgehead atoms. The Morgan fingerprint density at radius 3 is 2.33 bits per heavy atom. The summed E-state index contributed by atoms with van der Waals surface area (Å²) in [7, 11) is 0. The third-order valence-corrected chi connectivity index (χ3v) is 9.58. The lowest BCUT2D eigenvalue weighted by molar-refractivity contribution is -0.122. The van der Waals surface area contributed by atoms with Crippen LogP contribution in [0.5, 0.6) is 0 Å². The van der Waals surface area contributed by atoms with Crippen molar-refractivity contribution in [3.8, 4) is 6.07 Å². The van der Waals surface area contributed by atoms with Crippen molar-refractivity contribution in [2.45, 2.75) is 66.3 Å². The number of carbonyl (C=O) groups is 1. The second-order valence-corrected chi connectivity index (χ2v) is 12.6. The van der Waals surface area contributed by atoms with Crippen molar-refractivity contribution < 1.29 is 9.18 Å². The predicted molar refractivity (Wildman–Crippen MR) is 174 cm³/mol. The van der Waals surface area contributed by atoms with Crippen LogP contribution in [0, 0.1) is 30.0 Å². The third-order valence-electron chi connectivity index (χ3n) is 8.20. The molecule has 0 aliphatic carbocycles. The van der Waals surface area contributed by atoms with Crippen molar-refractivity contribution in [3.63, 3.8) is 0 Å². The lowest BCUT2D eigenvalue weighted by Crippen LogP contribution is -2.48. The molecular weight excluding hydrogens is 570 g/mol. The van der Waals surface area contributed by atoms with Crippen LogP contribution in [0.2, 0.25) is 0 Å². The summed E-state index contributed by atoms with van der Waals surface area (Å²) >= 11 is 6.96. The minimum atomic E-state index is -0.306. The van der Waals surface area contributed by atoms with Gasteiger partial charge in [0.25, 0.3) is 11.5 Å². The smallest absolute Gasteiger partial charge is 0.270 e. The lowest BCUT2D eigenvalue weighted by Gasteiger charge is -2.39. The van der Waals surface area contributed by atoms with E-state index in [2.05, 4.69) is 29.7 Å². The normalized spacial score (nSPS) is 17.3. The SMILES string of the molecule is CCCCC(CC)CN1C(=O)/C(=C\c2c(C)c(C#N)c(=O)n(CCC)c2N2CCN(c3ccc(F)cc3)CC2)SC1=S. The van der Waals surface area contributed by atoms with Gasteiger partial charge in [-0.25, -0.2) is 4.39 Å². The van der Waals surface area contributed by atoms with E-state index < -0.39 is 0 Å². The summed E-state index contributed by atoms with van der Waals surface area (Å²) < 4.78 is 15.7. The maximum Gasteiger partial charge on any atom is 0.270 e. The average Bonchev–Trinajstić information content (AvgIpc) is 3.25. The minimum absolute atomic E-state index is 0.101. The van der Waals surface area contributed by atoms with Gasteiger partial charge < -0.3 is 9.80 Å². The van der Waals surface area contributed by atoms with E-state index in [9.17, 15) is 19.2 Å². The van der Waals surface area contributed by atoms with Gasteiger partial charge in [0.15, 0.2) is 0 Å². The Morgan fingerprint density at radius 2 is 1.74 bits per heavy atom. The predicted octanol–water partition coefficient (Wildman–Crippen LogP) is 6.32. The first-order chi connectivity index (χ1) is 20.2. The zero-order valence-corrected chi connectivity index (χ0v) is 26.6. The van der Waals surface area contributed by atoms with Crippen molar-refractivity contribution in [3.05, 3.63) is 62.0 Å². The number of piperazine rings is 1. The van der Waals surface area contributed by atoms with E-state index >= 15 is 0 Å². The summed E-state index contributed by atoms with van der Waals surface area (Å²) in [6, 6.07) is 8.61. The van der Waals surface area contributed by atoms with Crippen molar-refractivity contribution in [2.75, 3.05) is 42.5 Å². The van der Waals surface area contributed by atoms with Crippen LogP contribution in [0.25, 0.3) is 6.08 Å². The van der Waals surface area contributed by atoms with Gasteiger partial charge in [0.1, 0.15) is 27.6 Å². The van der Waals surface area contributed by atoms with Crippen LogP contribution in [0.1, 0.15) is 69.6 Å². The van der Waals surface area contributed by atoms with Gasteiger partial charge in [-0.1, -0.05) is 64.0 Å².